The van der Waals surface area contributed by atoms with Crippen LogP contribution in [0.3, 0.4) is 0 Å². The van der Waals surface area contributed by atoms with Crippen LogP contribution in [0.15, 0.2) is 40.8 Å². The molecule has 2 heterocycles. The number of benzene rings is 1. The maximum absolute atomic E-state index is 12.4. The topological polar surface area (TPSA) is 59.8 Å². The van der Waals surface area contributed by atoms with Crippen molar-refractivity contribution in [2.24, 2.45) is 0 Å². The lowest BCUT2D eigenvalue weighted by Gasteiger charge is -2.32. The summed E-state index contributed by atoms with van der Waals surface area (Å²) in [4.78, 5) is 25.8. The van der Waals surface area contributed by atoms with Gasteiger partial charge in [-0.2, -0.15) is 0 Å². The van der Waals surface area contributed by atoms with Gasteiger partial charge in [-0.25, -0.2) is 4.79 Å². The molecule has 5 nitrogen and oxygen atoms in total. The first-order valence-electron chi connectivity index (χ1n) is 7.74. The third-order valence-electron chi connectivity index (χ3n) is 4.09. The minimum Gasteiger partial charge on any atom is -0.467 e. The average molecular weight is 313 g/mol. The van der Waals surface area contributed by atoms with Crippen LogP contribution in [0, 0.1) is 0 Å². The molecular formula is C18H19NO4. The van der Waals surface area contributed by atoms with Crippen LogP contribution in [0.4, 0.5) is 0 Å². The molecule has 1 aromatic carbocycles. The highest BCUT2D eigenvalue weighted by Crippen LogP contribution is 2.21. The van der Waals surface area contributed by atoms with Crippen LogP contribution in [0.5, 0.6) is 0 Å². The van der Waals surface area contributed by atoms with Crippen molar-refractivity contribution in [2.75, 3.05) is 13.7 Å². The first-order valence-corrected chi connectivity index (χ1v) is 7.74. The van der Waals surface area contributed by atoms with E-state index in [9.17, 15) is 9.59 Å². The van der Waals surface area contributed by atoms with Crippen LogP contribution >= 0.6 is 0 Å². The normalized spacial score (nSPS) is 18.5. The Labute approximate surface area is 134 Å². The lowest BCUT2D eigenvalue weighted by molar-refractivity contribution is -0.153. The molecule has 120 valence electrons. The Hall–Kier alpha value is -2.56. The molecule has 0 spiro atoms. The fourth-order valence-electron chi connectivity index (χ4n) is 2.91. The van der Waals surface area contributed by atoms with E-state index >= 15 is 0 Å². The minimum absolute atomic E-state index is 0.194. The number of esters is 1. The van der Waals surface area contributed by atoms with E-state index in [2.05, 4.69) is 0 Å². The van der Waals surface area contributed by atoms with Gasteiger partial charge < -0.3 is 14.1 Å². The number of carbonyl (C=O) groups excluding carboxylic acids is 2. The predicted molar refractivity (Wildman–Crippen MR) is 86.6 cm³/mol. The molecule has 23 heavy (non-hydrogen) atoms. The Morgan fingerprint density at radius 1 is 1.30 bits per heavy atom. The van der Waals surface area contributed by atoms with Gasteiger partial charge >= 0.3 is 5.97 Å². The lowest BCUT2D eigenvalue weighted by atomic mass is 10.0. The van der Waals surface area contributed by atoms with Crippen molar-refractivity contribution >= 4 is 28.9 Å². The molecule has 1 amide bonds. The van der Waals surface area contributed by atoms with Crippen molar-refractivity contribution in [1.29, 1.82) is 0 Å². The van der Waals surface area contributed by atoms with Gasteiger partial charge in [0, 0.05) is 18.0 Å². The molecule has 5 heteroatoms. The van der Waals surface area contributed by atoms with Gasteiger partial charge in [0.25, 0.3) is 0 Å². The largest absolute Gasteiger partial charge is 0.467 e. The van der Waals surface area contributed by atoms with Crippen LogP contribution in [-0.2, 0) is 14.3 Å². The number of carbonyl (C=O) groups is 2. The average Bonchev–Trinajstić information content (AvgIpc) is 3.02. The first-order chi connectivity index (χ1) is 11.2. The number of nitrogens with zero attached hydrogens (tertiary/aromatic N) is 1. The van der Waals surface area contributed by atoms with Crippen LogP contribution in [0.1, 0.15) is 25.0 Å². The fourth-order valence-corrected chi connectivity index (χ4v) is 2.91. The molecular weight excluding hydrogens is 294 g/mol. The summed E-state index contributed by atoms with van der Waals surface area (Å²) >= 11 is 0. The molecule has 0 saturated carbocycles. The number of furan rings is 1. The number of methoxy groups -OCH3 is 1. The molecule has 1 aliphatic heterocycles. The van der Waals surface area contributed by atoms with Crippen molar-refractivity contribution in [1.82, 2.24) is 4.90 Å². The fraction of sp³-hybridized carbons (Fsp3) is 0.333. The maximum Gasteiger partial charge on any atom is 0.328 e. The second-order valence-corrected chi connectivity index (χ2v) is 5.59. The van der Waals surface area contributed by atoms with Gasteiger partial charge in [-0.05, 0) is 37.5 Å². The molecule has 0 radical (unpaired) electrons. The Morgan fingerprint density at radius 3 is 2.91 bits per heavy atom. The number of hydrogen-bond donors (Lipinski definition) is 0. The highest BCUT2D eigenvalue weighted by molar-refractivity contribution is 5.95. The van der Waals surface area contributed by atoms with Crippen LogP contribution in [-0.4, -0.2) is 36.5 Å². The second-order valence-electron chi connectivity index (χ2n) is 5.59. The van der Waals surface area contributed by atoms with Crippen molar-refractivity contribution in [3.05, 3.63) is 42.2 Å². The number of ether oxygens (including phenoxy) is 1. The van der Waals surface area contributed by atoms with E-state index in [4.69, 9.17) is 9.15 Å². The maximum atomic E-state index is 12.4. The third kappa shape index (κ3) is 3.28. The second kappa shape index (κ2) is 6.69. The Morgan fingerprint density at radius 2 is 2.13 bits per heavy atom. The zero-order valence-electron chi connectivity index (χ0n) is 13.0. The number of likely N-dealkylation sites (tertiary alicyclic amines) is 1. The highest BCUT2D eigenvalue weighted by atomic mass is 16.5. The Bertz CT molecular complexity index is 713. The van der Waals surface area contributed by atoms with E-state index in [1.54, 1.807) is 11.0 Å². The molecule has 1 atom stereocenters. The van der Waals surface area contributed by atoms with E-state index in [-0.39, 0.29) is 11.9 Å². The number of amides is 1. The standard InChI is InChI=1S/C18H19NO4/c1-22-18(21)15-7-4-5-11-19(15)17(20)10-9-14-12-13-6-2-3-8-16(13)23-14/h2-3,6,8-10,12,15H,4-5,7,11H2,1H3/b10-9+. The van der Waals surface area contributed by atoms with Gasteiger partial charge in [0.05, 0.1) is 7.11 Å². The zero-order valence-corrected chi connectivity index (χ0v) is 13.0. The monoisotopic (exact) mass is 313 g/mol. The molecule has 1 aliphatic rings. The van der Waals surface area contributed by atoms with E-state index in [1.807, 2.05) is 30.3 Å². The number of piperidine rings is 1. The Kier molecular flexibility index (Phi) is 4.46. The van der Waals surface area contributed by atoms with Gasteiger partial charge in [-0.15, -0.1) is 0 Å². The number of rotatable bonds is 3. The van der Waals surface area contributed by atoms with Crippen LogP contribution < -0.4 is 0 Å². The Balaban J connectivity index is 1.75. The lowest BCUT2D eigenvalue weighted by Crippen LogP contribution is -2.47. The summed E-state index contributed by atoms with van der Waals surface area (Å²) < 4.78 is 10.4. The molecule has 0 bridgehead atoms. The highest BCUT2D eigenvalue weighted by Gasteiger charge is 2.31. The van der Waals surface area contributed by atoms with Crippen molar-refractivity contribution in [2.45, 2.75) is 25.3 Å². The minimum atomic E-state index is -0.485. The van der Waals surface area contributed by atoms with E-state index in [0.717, 1.165) is 23.8 Å². The quantitative estimate of drug-likeness (QED) is 0.645. The van der Waals surface area contributed by atoms with Gasteiger partial charge in [0.15, 0.2) is 0 Å². The molecule has 3 rings (SSSR count). The summed E-state index contributed by atoms with van der Waals surface area (Å²) in [6, 6.07) is 9.07. The third-order valence-corrected chi connectivity index (χ3v) is 4.09. The molecule has 2 aromatic rings. The number of fused-ring (bicyclic) bond motifs is 1. The van der Waals surface area contributed by atoms with Gasteiger partial charge in [-0.1, -0.05) is 18.2 Å². The summed E-state index contributed by atoms with van der Waals surface area (Å²) in [5.74, 6) is 0.0712. The SMILES string of the molecule is COC(=O)C1CCCCN1C(=O)/C=C/c1cc2ccccc2o1. The molecule has 0 aliphatic carbocycles. The van der Waals surface area contributed by atoms with E-state index in [1.165, 1.54) is 13.2 Å². The predicted octanol–water partition coefficient (Wildman–Crippen LogP) is 3.00. The van der Waals surface area contributed by atoms with Crippen molar-refractivity contribution < 1.29 is 18.7 Å². The molecule has 1 unspecified atom stereocenters. The van der Waals surface area contributed by atoms with Crippen molar-refractivity contribution in [3.8, 4) is 0 Å². The smallest absolute Gasteiger partial charge is 0.328 e. The van der Waals surface area contributed by atoms with Crippen LogP contribution in [0.2, 0.25) is 0 Å². The summed E-state index contributed by atoms with van der Waals surface area (Å²) in [7, 11) is 1.35. The van der Waals surface area contributed by atoms with Gasteiger partial charge in [0.2, 0.25) is 5.91 Å². The summed E-state index contributed by atoms with van der Waals surface area (Å²) in [6.45, 7) is 0.572. The van der Waals surface area contributed by atoms with Crippen LogP contribution in [0.25, 0.3) is 17.0 Å². The molecule has 1 fully saturated rings. The first kappa shape index (κ1) is 15.3. The summed E-state index contributed by atoms with van der Waals surface area (Å²) in [5, 5.41) is 0.991. The number of hydrogen-bond acceptors (Lipinski definition) is 4. The van der Waals surface area contributed by atoms with Gasteiger partial charge in [-0.3, -0.25) is 4.79 Å². The summed E-state index contributed by atoms with van der Waals surface area (Å²) in [5.41, 5.74) is 0.782. The summed E-state index contributed by atoms with van der Waals surface area (Å²) in [6.07, 6.45) is 5.58. The molecule has 0 N–H and O–H groups in total. The molecule has 1 aromatic heterocycles. The van der Waals surface area contributed by atoms with E-state index < -0.39 is 6.04 Å². The molecule has 1 saturated heterocycles. The van der Waals surface area contributed by atoms with E-state index in [0.29, 0.717) is 18.7 Å². The van der Waals surface area contributed by atoms with Crippen molar-refractivity contribution in [3.63, 3.8) is 0 Å². The van der Waals surface area contributed by atoms with Gasteiger partial charge in [0.1, 0.15) is 17.4 Å². The number of para-hydroxylation sites is 1. The zero-order chi connectivity index (χ0) is 16.2.